The van der Waals surface area contributed by atoms with Gasteiger partial charge in [0.25, 0.3) is 0 Å². The topological polar surface area (TPSA) is 38.3 Å². The van der Waals surface area contributed by atoms with Gasteiger partial charge in [0, 0.05) is 16.5 Å². The van der Waals surface area contributed by atoms with Crippen LogP contribution in [0.4, 0.5) is 5.69 Å². The van der Waals surface area contributed by atoms with Gasteiger partial charge in [-0.3, -0.25) is 4.79 Å². The van der Waals surface area contributed by atoms with Crippen LogP contribution in [0.2, 0.25) is 5.02 Å². The van der Waals surface area contributed by atoms with Gasteiger partial charge in [0.1, 0.15) is 5.75 Å². The van der Waals surface area contributed by atoms with Crippen molar-refractivity contribution >= 4 is 35.0 Å². The van der Waals surface area contributed by atoms with Crippen molar-refractivity contribution in [3.63, 3.8) is 0 Å². The summed E-state index contributed by atoms with van der Waals surface area (Å²) in [6.07, 6.45) is 5.15. The van der Waals surface area contributed by atoms with Crippen molar-refractivity contribution < 1.29 is 9.53 Å². The van der Waals surface area contributed by atoms with Gasteiger partial charge >= 0.3 is 0 Å². The third-order valence-electron chi connectivity index (χ3n) is 4.16. The van der Waals surface area contributed by atoms with E-state index in [9.17, 15) is 4.79 Å². The number of thioether (sulfide) groups is 1. The standard InChI is InChI=1S/C20H22ClNO2S/c21-16-7-5-15(6-8-16)13-25-14-20(23)22-17-9-11-19(12-10-17)24-18-3-1-2-4-18/h5-12,18H,1-4,13-14H2,(H,22,23). The number of nitrogens with one attached hydrogen (secondary N) is 1. The van der Waals surface area contributed by atoms with Crippen molar-refractivity contribution in [1.29, 1.82) is 0 Å². The van der Waals surface area contributed by atoms with Crippen molar-refractivity contribution in [3.8, 4) is 5.75 Å². The Bertz CT molecular complexity index is 682. The summed E-state index contributed by atoms with van der Waals surface area (Å²) >= 11 is 7.45. The highest BCUT2D eigenvalue weighted by atomic mass is 35.5. The fraction of sp³-hybridized carbons (Fsp3) is 0.350. The van der Waals surface area contributed by atoms with E-state index in [0.29, 0.717) is 11.9 Å². The number of ether oxygens (including phenoxy) is 1. The molecule has 0 radical (unpaired) electrons. The zero-order chi connectivity index (χ0) is 17.5. The lowest BCUT2D eigenvalue weighted by Crippen LogP contribution is -2.14. The fourth-order valence-electron chi connectivity index (χ4n) is 2.85. The van der Waals surface area contributed by atoms with Crippen molar-refractivity contribution in [2.24, 2.45) is 0 Å². The molecule has 1 saturated carbocycles. The number of hydrogen-bond acceptors (Lipinski definition) is 3. The smallest absolute Gasteiger partial charge is 0.234 e. The zero-order valence-corrected chi connectivity index (χ0v) is 15.6. The summed E-state index contributed by atoms with van der Waals surface area (Å²) in [5.74, 6) is 2.09. The second kappa shape index (κ2) is 9.16. The van der Waals surface area contributed by atoms with Crippen molar-refractivity contribution in [2.45, 2.75) is 37.5 Å². The number of anilines is 1. The highest BCUT2D eigenvalue weighted by molar-refractivity contribution is 7.99. The highest BCUT2D eigenvalue weighted by Gasteiger charge is 2.16. The average molecular weight is 376 g/mol. The van der Waals surface area contributed by atoms with Crippen molar-refractivity contribution in [1.82, 2.24) is 0 Å². The molecule has 0 unspecified atom stereocenters. The van der Waals surface area contributed by atoms with E-state index in [1.54, 1.807) is 11.8 Å². The minimum atomic E-state index is 0.00317. The first kappa shape index (κ1) is 18.2. The Hall–Kier alpha value is -1.65. The molecular formula is C20H22ClNO2S. The van der Waals surface area contributed by atoms with Gasteiger partial charge in [0.2, 0.25) is 5.91 Å². The van der Waals surface area contributed by atoms with Gasteiger partial charge in [0.05, 0.1) is 11.9 Å². The molecule has 0 spiro atoms. The summed E-state index contributed by atoms with van der Waals surface area (Å²) in [6.45, 7) is 0. The molecule has 5 heteroatoms. The van der Waals surface area contributed by atoms with E-state index >= 15 is 0 Å². The van der Waals surface area contributed by atoms with Gasteiger partial charge in [0.15, 0.2) is 0 Å². The number of carbonyl (C=O) groups excluding carboxylic acids is 1. The Morgan fingerprint density at radius 3 is 2.44 bits per heavy atom. The SMILES string of the molecule is O=C(CSCc1ccc(Cl)cc1)Nc1ccc(OC2CCCC2)cc1. The largest absolute Gasteiger partial charge is 0.490 e. The maximum absolute atomic E-state index is 12.0. The molecular weight excluding hydrogens is 354 g/mol. The number of rotatable bonds is 7. The monoisotopic (exact) mass is 375 g/mol. The molecule has 0 aliphatic heterocycles. The van der Waals surface area contributed by atoms with Gasteiger partial charge in [-0.2, -0.15) is 0 Å². The number of benzene rings is 2. The number of amides is 1. The molecule has 0 bridgehead atoms. The molecule has 2 aromatic rings. The Labute approximate surface area is 158 Å². The highest BCUT2D eigenvalue weighted by Crippen LogP contribution is 2.25. The number of hydrogen-bond donors (Lipinski definition) is 1. The summed E-state index contributed by atoms with van der Waals surface area (Å²) in [6, 6.07) is 15.3. The maximum atomic E-state index is 12.0. The second-order valence-electron chi connectivity index (χ2n) is 6.22. The Kier molecular flexibility index (Phi) is 6.65. The summed E-state index contributed by atoms with van der Waals surface area (Å²) in [7, 11) is 0. The predicted octanol–water partition coefficient (Wildman–Crippen LogP) is 5.53. The summed E-state index contributed by atoms with van der Waals surface area (Å²) in [5, 5.41) is 3.65. The first-order chi connectivity index (χ1) is 12.2. The first-order valence-electron chi connectivity index (χ1n) is 8.58. The molecule has 3 rings (SSSR count). The zero-order valence-electron chi connectivity index (χ0n) is 14.0. The van der Waals surface area contributed by atoms with Gasteiger partial charge in [-0.15, -0.1) is 11.8 Å². The van der Waals surface area contributed by atoms with Gasteiger partial charge in [-0.25, -0.2) is 0 Å². The Morgan fingerprint density at radius 2 is 1.76 bits per heavy atom. The van der Waals surface area contributed by atoms with Crippen LogP contribution in [-0.4, -0.2) is 17.8 Å². The molecule has 0 aromatic heterocycles. The molecule has 1 N–H and O–H groups in total. The minimum absolute atomic E-state index is 0.00317. The van der Waals surface area contributed by atoms with Crippen molar-refractivity contribution in [3.05, 3.63) is 59.1 Å². The summed E-state index contributed by atoms with van der Waals surface area (Å²) in [4.78, 5) is 12.0. The number of carbonyl (C=O) groups is 1. The van der Waals surface area contributed by atoms with E-state index in [0.717, 1.165) is 40.6 Å². The third-order valence-corrected chi connectivity index (χ3v) is 5.41. The Morgan fingerprint density at radius 1 is 1.08 bits per heavy atom. The van der Waals surface area contributed by atoms with E-state index in [-0.39, 0.29) is 5.91 Å². The molecule has 132 valence electrons. The van der Waals surface area contributed by atoms with E-state index in [4.69, 9.17) is 16.3 Å². The van der Waals surface area contributed by atoms with Gasteiger partial charge in [-0.05, 0) is 67.6 Å². The van der Waals surface area contributed by atoms with Crippen LogP contribution in [0.3, 0.4) is 0 Å². The molecule has 1 amide bonds. The van der Waals surface area contributed by atoms with Crippen LogP contribution in [0, 0.1) is 0 Å². The molecule has 1 fully saturated rings. The van der Waals surface area contributed by atoms with Crippen molar-refractivity contribution in [2.75, 3.05) is 11.1 Å². The minimum Gasteiger partial charge on any atom is -0.490 e. The molecule has 0 saturated heterocycles. The summed E-state index contributed by atoms with van der Waals surface area (Å²) in [5.41, 5.74) is 1.96. The van der Waals surface area contributed by atoms with Gasteiger partial charge < -0.3 is 10.1 Å². The molecule has 3 nitrogen and oxygen atoms in total. The van der Waals surface area contributed by atoms with Crippen LogP contribution in [0.5, 0.6) is 5.75 Å². The van der Waals surface area contributed by atoms with E-state index < -0.39 is 0 Å². The number of halogens is 1. The molecule has 0 heterocycles. The normalized spacial score (nSPS) is 14.4. The third kappa shape index (κ3) is 5.98. The second-order valence-corrected chi connectivity index (χ2v) is 7.64. The lowest BCUT2D eigenvalue weighted by molar-refractivity contribution is -0.113. The summed E-state index contributed by atoms with van der Waals surface area (Å²) < 4.78 is 5.93. The molecule has 1 aliphatic rings. The van der Waals surface area contributed by atoms with Crippen LogP contribution in [0.25, 0.3) is 0 Å². The average Bonchev–Trinajstić information content (AvgIpc) is 3.11. The van der Waals surface area contributed by atoms with Crippen LogP contribution in [-0.2, 0) is 10.5 Å². The molecule has 0 atom stereocenters. The van der Waals surface area contributed by atoms with Crippen LogP contribution in [0.15, 0.2) is 48.5 Å². The Balaban J connectivity index is 1.40. The predicted molar refractivity (Wildman–Crippen MR) is 106 cm³/mol. The lowest BCUT2D eigenvalue weighted by atomic mass is 10.2. The van der Waals surface area contributed by atoms with Crippen LogP contribution >= 0.6 is 23.4 Å². The molecule has 1 aliphatic carbocycles. The molecule has 25 heavy (non-hydrogen) atoms. The van der Waals surface area contributed by atoms with Crippen LogP contribution in [0.1, 0.15) is 31.2 Å². The van der Waals surface area contributed by atoms with Gasteiger partial charge in [-0.1, -0.05) is 23.7 Å². The maximum Gasteiger partial charge on any atom is 0.234 e. The lowest BCUT2D eigenvalue weighted by Gasteiger charge is -2.13. The van der Waals surface area contributed by atoms with E-state index in [1.165, 1.54) is 12.8 Å². The molecule has 2 aromatic carbocycles. The van der Waals surface area contributed by atoms with E-state index in [2.05, 4.69) is 5.32 Å². The quantitative estimate of drug-likeness (QED) is 0.691. The van der Waals surface area contributed by atoms with E-state index in [1.807, 2.05) is 48.5 Å². The fourth-order valence-corrected chi connectivity index (χ4v) is 3.77. The first-order valence-corrected chi connectivity index (χ1v) is 10.1. The van der Waals surface area contributed by atoms with Crippen LogP contribution < -0.4 is 10.1 Å².